The lowest BCUT2D eigenvalue weighted by atomic mass is 9.94. The van der Waals surface area contributed by atoms with Crippen LogP contribution in [0.2, 0.25) is 0 Å². The summed E-state index contributed by atoms with van der Waals surface area (Å²) in [6.07, 6.45) is -16.4. The maximum atomic E-state index is 14.7. The molecule has 3 heterocycles. The highest BCUT2D eigenvalue weighted by molar-refractivity contribution is 6.76. The van der Waals surface area contributed by atoms with Gasteiger partial charge in [-0.3, -0.25) is 4.79 Å². The number of aliphatic hydroxyl groups excluding tert-OH is 1. The monoisotopic (exact) mass is 1420 g/mol. The number of hydrogen-bond acceptors (Lipinski definition) is 17. The van der Waals surface area contributed by atoms with Crippen molar-refractivity contribution in [2.75, 3.05) is 26.4 Å². The molecule has 0 aromatic heterocycles. The van der Waals surface area contributed by atoms with E-state index in [-0.39, 0.29) is 71.6 Å². The first-order valence-electron chi connectivity index (χ1n) is 33.2. The van der Waals surface area contributed by atoms with Crippen LogP contribution in [0, 0.1) is 0 Å². The van der Waals surface area contributed by atoms with E-state index in [9.17, 15) is 14.7 Å². The average Bonchev–Trinajstić information content (AvgIpc) is 0.768. The number of esters is 1. The molecule has 0 bridgehead atoms. The summed E-state index contributed by atoms with van der Waals surface area (Å²) in [6, 6.07) is 73.8. The zero-order chi connectivity index (χ0) is 69.3. The highest BCUT2D eigenvalue weighted by Crippen LogP contribution is 2.38. The molecule has 3 aliphatic rings. The standard InChI is InChI=1S/C79H82Cl3NO17/c1-2-43-89-77-73(99-74(85)61-41-25-10-26-42-61)72(94-50-60-39-23-9-24-40-60)69(64(98-77)53-95-76-66(84)71(93-49-59-37-21-8-22-38-59)68(91-47-57-33-17-6-18-34-57)63(97-76)52-88-45-55-29-13-4-14-30-55)100-75-65(83-78(86)79(80,81)82)70(92-48-58-35-19-7-20-36-58)67(90-46-56-31-15-5-16-32-56)62(96-75)51-87-44-54-27-11-3-12-28-54/h2-42,62-73,75-77,84H,1,43-53H2,(H,83,86)/t62-,63-,64-,65-,66+,67+,68-,69-,70-,71-,72+,73+,75+,76+,77+/m1/s1. The Morgan fingerprint density at radius 1 is 0.400 bits per heavy atom. The Bertz CT molecular complexity index is 3680. The maximum absolute atomic E-state index is 14.7. The first kappa shape index (κ1) is 74.0. The molecule has 21 heteroatoms. The molecule has 8 aromatic carbocycles. The molecule has 0 radical (unpaired) electrons. The van der Waals surface area contributed by atoms with E-state index in [1.54, 1.807) is 30.3 Å². The van der Waals surface area contributed by atoms with Crippen molar-refractivity contribution in [2.45, 2.75) is 142 Å². The smallest absolute Gasteiger partial charge is 0.338 e. The third kappa shape index (κ3) is 21.4. The third-order valence-electron chi connectivity index (χ3n) is 17.0. The number of halogens is 3. The van der Waals surface area contributed by atoms with Crippen LogP contribution in [0.5, 0.6) is 0 Å². The molecule has 0 aliphatic carbocycles. The van der Waals surface area contributed by atoms with Gasteiger partial charge in [-0.1, -0.05) is 271 Å². The van der Waals surface area contributed by atoms with Gasteiger partial charge in [-0.25, -0.2) is 4.79 Å². The van der Waals surface area contributed by atoms with E-state index in [1.165, 1.54) is 6.08 Å². The summed E-state index contributed by atoms with van der Waals surface area (Å²) >= 11 is 19.5. The van der Waals surface area contributed by atoms with E-state index in [0.29, 0.717) is 0 Å². The fourth-order valence-electron chi connectivity index (χ4n) is 12.0. The molecule has 0 spiro atoms. The van der Waals surface area contributed by atoms with Crippen LogP contribution in [0.4, 0.5) is 0 Å². The van der Waals surface area contributed by atoms with E-state index < -0.39 is 114 Å². The van der Waals surface area contributed by atoms with Gasteiger partial charge in [0.05, 0.1) is 78.2 Å². The second-order valence-corrected chi connectivity index (χ2v) is 26.5. The summed E-state index contributed by atoms with van der Waals surface area (Å²) in [7, 11) is 0. The maximum Gasteiger partial charge on any atom is 0.338 e. The van der Waals surface area contributed by atoms with Crippen LogP contribution in [0.1, 0.15) is 49.3 Å². The molecule has 2 N–H and O–H groups in total. The topological polar surface area (TPSA) is 196 Å². The van der Waals surface area contributed by atoms with Gasteiger partial charge >= 0.3 is 5.97 Å². The molecule has 1 amide bonds. The van der Waals surface area contributed by atoms with Gasteiger partial charge in [0, 0.05) is 0 Å². The largest absolute Gasteiger partial charge is 0.450 e. The highest BCUT2D eigenvalue weighted by Gasteiger charge is 2.57. The van der Waals surface area contributed by atoms with E-state index >= 15 is 0 Å². The SMILES string of the molecule is C=CCO[C@H]1O[C@H](CO[C@H]2O[C@H](COCc3ccccc3)[C@@H](OCc3ccccc3)[C@H](OCc3ccccc3)[C@@H]2O)[C@@H](O[C@@H]2O[C@H](COCc3ccccc3)[C@H](OCc3ccccc3)[C@H](OCc3ccccc3)[C@H]2NC(=O)C(Cl)(Cl)Cl)[C@H](OCc2ccccc2)[C@@H]1OC(=O)c1ccccc1. The van der Waals surface area contributed by atoms with Crippen LogP contribution in [-0.4, -0.2) is 139 Å². The molecule has 18 nitrogen and oxygen atoms in total. The van der Waals surface area contributed by atoms with Crippen LogP contribution in [0.15, 0.2) is 255 Å². The van der Waals surface area contributed by atoms with Crippen molar-refractivity contribution >= 4 is 46.7 Å². The van der Waals surface area contributed by atoms with Crippen LogP contribution < -0.4 is 5.32 Å². The molecule has 3 saturated heterocycles. The number of amides is 1. The number of nitrogens with one attached hydrogen (secondary N) is 1. The lowest BCUT2D eigenvalue weighted by molar-refractivity contribution is -0.365. The molecule has 526 valence electrons. The molecule has 0 unspecified atom stereocenters. The summed E-state index contributed by atoms with van der Waals surface area (Å²) in [4.78, 5) is 29.2. The summed E-state index contributed by atoms with van der Waals surface area (Å²) in [5, 5.41) is 15.8. The van der Waals surface area contributed by atoms with Crippen molar-refractivity contribution < 1.29 is 81.0 Å². The Hall–Kier alpha value is -7.25. The van der Waals surface area contributed by atoms with Crippen LogP contribution in [0.25, 0.3) is 0 Å². The van der Waals surface area contributed by atoms with E-state index in [4.69, 9.17) is 101 Å². The van der Waals surface area contributed by atoms with Crippen molar-refractivity contribution in [3.8, 4) is 0 Å². The minimum absolute atomic E-state index is 0.0109. The molecule has 100 heavy (non-hydrogen) atoms. The van der Waals surface area contributed by atoms with Gasteiger partial charge in [-0.15, -0.1) is 6.58 Å². The van der Waals surface area contributed by atoms with Gasteiger partial charge in [0.1, 0.15) is 67.1 Å². The molecular formula is C79H82Cl3NO17. The van der Waals surface area contributed by atoms with Crippen molar-refractivity contribution in [3.05, 3.63) is 300 Å². The zero-order valence-electron chi connectivity index (χ0n) is 54.9. The number of ether oxygens (including phenoxy) is 14. The normalized spacial score (nSPS) is 25.3. The quantitative estimate of drug-likeness (QED) is 0.0219. The zero-order valence-corrected chi connectivity index (χ0v) is 57.2. The molecule has 3 fully saturated rings. The van der Waals surface area contributed by atoms with Crippen molar-refractivity contribution in [1.82, 2.24) is 5.32 Å². The van der Waals surface area contributed by atoms with Crippen molar-refractivity contribution in [2.24, 2.45) is 0 Å². The molecule has 15 atom stereocenters. The summed E-state index contributed by atoms with van der Waals surface area (Å²) in [6.45, 7) is 3.79. The number of carbonyl (C=O) groups is 2. The van der Waals surface area contributed by atoms with E-state index in [1.807, 2.05) is 212 Å². The van der Waals surface area contributed by atoms with Gasteiger partial charge in [0.15, 0.2) is 25.0 Å². The lowest BCUT2D eigenvalue weighted by Crippen LogP contribution is -2.69. The van der Waals surface area contributed by atoms with Crippen molar-refractivity contribution in [1.29, 1.82) is 0 Å². The predicted octanol–water partition coefficient (Wildman–Crippen LogP) is 12.6. The first-order valence-corrected chi connectivity index (χ1v) is 34.4. The molecule has 0 saturated carbocycles. The third-order valence-corrected chi connectivity index (χ3v) is 17.5. The Balaban J connectivity index is 1.01. The summed E-state index contributed by atoms with van der Waals surface area (Å²) in [5.41, 5.74) is 6.04. The molecule has 11 rings (SSSR count). The van der Waals surface area contributed by atoms with Crippen LogP contribution in [0.3, 0.4) is 0 Å². The first-order chi connectivity index (χ1) is 48.9. The summed E-state index contributed by atoms with van der Waals surface area (Å²) < 4.78 is 93.4. The fraction of sp³-hybridized carbons (Fsp3) is 0.342. The van der Waals surface area contributed by atoms with Crippen molar-refractivity contribution in [3.63, 3.8) is 0 Å². The van der Waals surface area contributed by atoms with Gasteiger partial charge < -0.3 is 76.7 Å². The van der Waals surface area contributed by atoms with Crippen LogP contribution in [-0.2, 0) is 117 Å². The molecule has 3 aliphatic heterocycles. The van der Waals surface area contributed by atoms with Gasteiger partial charge in [-0.2, -0.15) is 0 Å². The Labute approximate surface area is 598 Å². The van der Waals surface area contributed by atoms with Gasteiger partial charge in [0.25, 0.3) is 9.70 Å². The van der Waals surface area contributed by atoms with E-state index in [0.717, 1.165) is 38.9 Å². The second-order valence-electron chi connectivity index (χ2n) is 24.2. The lowest BCUT2D eigenvalue weighted by Gasteiger charge is -2.50. The number of hydrogen-bond donors (Lipinski definition) is 2. The second kappa shape index (κ2) is 38.1. The number of aliphatic hydroxyl groups is 1. The number of rotatable bonds is 34. The van der Waals surface area contributed by atoms with Gasteiger partial charge in [0.2, 0.25) is 0 Å². The molecule has 8 aromatic rings. The Kier molecular flexibility index (Phi) is 28.2. The van der Waals surface area contributed by atoms with Gasteiger partial charge in [-0.05, 0) is 51.1 Å². The van der Waals surface area contributed by atoms with E-state index in [2.05, 4.69) is 11.9 Å². The minimum Gasteiger partial charge on any atom is -0.450 e. The molecular weight excluding hydrogens is 1340 g/mol. The number of benzene rings is 8. The van der Waals surface area contributed by atoms with Crippen LogP contribution >= 0.6 is 34.8 Å². The average molecular weight is 1420 g/mol. The highest BCUT2D eigenvalue weighted by atomic mass is 35.6. The summed E-state index contributed by atoms with van der Waals surface area (Å²) in [5.74, 6) is -1.81. The number of carbonyl (C=O) groups excluding carboxylic acids is 2. The number of alkyl halides is 3. The Morgan fingerprint density at radius 2 is 0.750 bits per heavy atom. The Morgan fingerprint density at radius 3 is 1.17 bits per heavy atom. The minimum atomic E-state index is -2.54. The fourth-order valence-corrected chi connectivity index (χ4v) is 12.1. The predicted molar refractivity (Wildman–Crippen MR) is 374 cm³/mol.